The minimum Gasteiger partial charge on any atom is -0.297 e. The van der Waals surface area contributed by atoms with Crippen LogP contribution in [0.3, 0.4) is 0 Å². The molecule has 2 aliphatic heterocycles. The van der Waals surface area contributed by atoms with Crippen molar-refractivity contribution < 1.29 is 14.0 Å². The number of hydrogen-bond donors (Lipinski definition) is 0. The van der Waals surface area contributed by atoms with Crippen molar-refractivity contribution in [2.24, 2.45) is 0 Å². The zero-order valence-corrected chi connectivity index (χ0v) is 15.1. The van der Waals surface area contributed by atoms with Crippen molar-refractivity contribution >= 4 is 17.5 Å². The Balaban J connectivity index is 1.39. The highest BCUT2D eigenvalue weighted by molar-refractivity contribution is 6.22. The zero-order valence-electron chi connectivity index (χ0n) is 15.1. The second kappa shape index (κ2) is 7.58. The van der Waals surface area contributed by atoms with Crippen LogP contribution in [0, 0.1) is 5.82 Å². The lowest BCUT2D eigenvalue weighted by Crippen LogP contribution is -2.52. The SMILES string of the molecule is O=C1C[C@@H](N2CCN(Cc3ccccc3)CC2)C(=O)N1c1cccc(F)c1. The predicted octanol–water partition coefficient (Wildman–Crippen LogP) is 2.28. The molecule has 2 heterocycles. The van der Waals surface area contributed by atoms with Crippen molar-refractivity contribution in [3.8, 4) is 0 Å². The quantitative estimate of drug-likeness (QED) is 0.778. The highest BCUT2D eigenvalue weighted by Gasteiger charge is 2.43. The van der Waals surface area contributed by atoms with Crippen molar-refractivity contribution in [2.45, 2.75) is 19.0 Å². The first kappa shape index (κ1) is 17.8. The number of carbonyl (C=O) groups excluding carboxylic acids is 2. The van der Waals surface area contributed by atoms with E-state index in [-0.39, 0.29) is 18.2 Å². The van der Waals surface area contributed by atoms with Crippen LogP contribution in [-0.2, 0) is 16.1 Å². The molecule has 2 saturated heterocycles. The first-order valence-corrected chi connectivity index (χ1v) is 9.24. The van der Waals surface area contributed by atoms with E-state index in [0.717, 1.165) is 37.6 Å². The van der Waals surface area contributed by atoms with Crippen molar-refractivity contribution in [2.75, 3.05) is 31.1 Å². The molecule has 0 saturated carbocycles. The van der Waals surface area contributed by atoms with Gasteiger partial charge in [-0.3, -0.25) is 19.4 Å². The topological polar surface area (TPSA) is 43.9 Å². The molecule has 2 aliphatic rings. The Bertz CT molecular complexity index is 834. The van der Waals surface area contributed by atoms with E-state index < -0.39 is 11.9 Å². The van der Waals surface area contributed by atoms with Gasteiger partial charge < -0.3 is 0 Å². The van der Waals surface area contributed by atoms with E-state index in [9.17, 15) is 14.0 Å². The van der Waals surface area contributed by atoms with Crippen LogP contribution in [0.25, 0.3) is 0 Å². The Hall–Kier alpha value is -2.57. The summed E-state index contributed by atoms with van der Waals surface area (Å²) in [6.45, 7) is 4.09. The van der Waals surface area contributed by atoms with Crippen LogP contribution in [0.4, 0.5) is 10.1 Å². The van der Waals surface area contributed by atoms with Gasteiger partial charge in [0.15, 0.2) is 0 Å². The average molecular weight is 367 g/mol. The van der Waals surface area contributed by atoms with Crippen LogP contribution < -0.4 is 4.90 Å². The molecule has 2 fully saturated rings. The lowest BCUT2D eigenvalue weighted by Gasteiger charge is -2.37. The van der Waals surface area contributed by atoms with E-state index in [1.165, 1.54) is 23.8 Å². The minimum absolute atomic E-state index is 0.161. The summed E-state index contributed by atoms with van der Waals surface area (Å²) >= 11 is 0. The van der Waals surface area contributed by atoms with Crippen LogP contribution >= 0.6 is 0 Å². The van der Waals surface area contributed by atoms with E-state index in [1.54, 1.807) is 6.07 Å². The van der Waals surface area contributed by atoms with Gasteiger partial charge in [-0.05, 0) is 23.8 Å². The van der Waals surface area contributed by atoms with Crippen LogP contribution in [-0.4, -0.2) is 53.8 Å². The molecule has 0 unspecified atom stereocenters. The molecular weight excluding hydrogens is 345 g/mol. The van der Waals surface area contributed by atoms with Crippen molar-refractivity contribution in [3.63, 3.8) is 0 Å². The maximum Gasteiger partial charge on any atom is 0.251 e. The largest absolute Gasteiger partial charge is 0.297 e. The fourth-order valence-corrected chi connectivity index (χ4v) is 3.86. The molecule has 6 heteroatoms. The minimum atomic E-state index is -0.453. The summed E-state index contributed by atoms with van der Waals surface area (Å²) in [6, 6.07) is 15.5. The Labute approximate surface area is 158 Å². The van der Waals surface area contributed by atoms with Gasteiger partial charge in [0, 0.05) is 32.7 Å². The molecule has 2 aromatic carbocycles. The number of halogens is 1. The summed E-state index contributed by atoms with van der Waals surface area (Å²) in [6.07, 6.45) is 0.161. The van der Waals surface area contributed by atoms with Crippen LogP contribution in [0.5, 0.6) is 0 Å². The number of benzene rings is 2. The summed E-state index contributed by atoms with van der Waals surface area (Å²) in [7, 11) is 0. The molecule has 0 aliphatic carbocycles. The van der Waals surface area contributed by atoms with Crippen molar-refractivity contribution in [1.82, 2.24) is 9.80 Å². The zero-order chi connectivity index (χ0) is 18.8. The van der Waals surface area contributed by atoms with Gasteiger partial charge in [-0.1, -0.05) is 36.4 Å². The third-order valence-electron chi connectivity index (χ3n) is 5.29. The Kier molecular flexibility index (Phi) is 5.01. The fraction of sp³-hybridized carbons (Fsp3) is 0.333. The second-order valence-corrected chi connectivity index (χ2v) is 7.06. The average Bonchev–Trinajstić information content (AvgIpc) is 2.97. The molecule has 27 heavy (non-hydrogen) atoms. The molecule has 0 spiro atoms. The molecule has 2 aromatic rings. The number of piperazine rings is 1. The maximum atomic E-state index is 13.5. The smallest absolute Gasteiger partial charge is 0.251 e. The summed E-state index contributed by atoms with van der Waals surface area (Å²) in [4.78, 5) is 30.8. The van der Waals surface area contributed by atoms with E-state index in [4.69, 9.17) is 0 Å². The van der Waals surface area contributed by atoms with Gasteiger partial charge in [-0.25, -0.2) is 9.29 Å². The standard InChI is InChI=1S/C21H22FN3O2/c22-17-7-4-8-18(13-17)25-20(26)14-19(21(25)27)24-11-9-23(10-12-24)15-16-5-2-1-3-6-16/h1-8,13,19H,9-12,14-15H2/t19-/m1/s1. The molecule has 0 bridgehead atoms. The van der Waals surface area contributed by atoms with Gasteiger partial charge in [-0.2, -0.15) is 0 Å². The fourth-order valence-electron chi connectivity index (χ4n) is 3.86. The Morgan fingerprint density at radius 2 is 1.67 bits per heavy atom. The van der Waals surface area contributed by atoms with Gasteiger partial charge in [0.05, 0.1) is 18.2 Å². The monoisotopic (exact) mass is 367 g/mol. The Morgan fingerprint density at radius 3 is 2.37 bits per heavy atom. The lowest BCUT2D eigenvalue weighted by molar-refractivity contribution is -0.123. The highest BCUT2D eigenvalue weighted by atomic mass is 19.1. The van der Waals surface area contributed by atoms with Gasteiger partial charge in [0.2, 0.25) is 5.91 Å². The van der Waals surface area contributed by atoms with E-state index in [0.29, 0.717) is 5.69 Å². The van der Waals surface area contributed by atoms with Gasteiger partial charge in [0.1, 0.15) is 5.82 Å². The lowest BCUT2D eigenvalue weighted by atomic mass is 10.1. The van der Waals surface area contributed by atoms with E-state index in [1.807, 2.05) is 18.2 Å². The van der Waals surface area contributed by atoms with Gasteiger partial charge >= 0.3 is 0 Å². The second-order valence-electron chi connectivity index (χ2n) is 7.06. The van der Waals surface area contributed by atoms with Gasteiger partial charge in [0.25, 0.3) is 5.91 Å². The third-order valence-corrected chi connectivity index (χ3v) is 5.29. The molecule has 4 rings (SSSR count). The predicted molar refractivity (Wildman–Crippen MR) is 101 cm³/mol. The van der Waals surface area contributed by atoms with Crippen LogP contribution in [0.2, 0.25) is 0 Å². The summed E-state index contributed by atoms with van der Waals surface area (Å²) in [5.74, 6) is -0.962. The Morgan fingerprint density at radius 1 is 0.926 bits per heavy atom. The normalized spacial score (nSPS) is 21.8. The highest BCUT2D eigenvalue weighted by Crippen LogP contribution is 2.27. The van der Waals surface area contributed by atoms with Crippen molar-refractivity contribution in [1.29, 1.82) is 0 Å². The number of rotatable bonds is 4. The molecule has 0 aromatic heterocycles. The molecule has 0 N–H and O–H groups in total. The molecule has 2 amide bonds. The van der Waals surface area contributed by atoms with E-state index in [2.05, 4.69) is 21.9 Å². The van der Waals surface area contributed by atoms with Crippen LogP contribution in [0.1, 0.15) is 12.0 Å². The first-order valence-electron chi connectivity index (χ1n) is 9.24. The third kappa shape index (κ3) is 3.77. The summed E-state index contributed by atoms with van der Waals surface area (Å²) < 4.78 is 13.5. The molecule has 140 valence electrons. The first-order chi connectivity index (χ1) is 13.1. The number of nitrogens with zero attached hydrogens (tertiary/aromatic N) is 3. The number of anilines is 1. The van der Waals surface area contributed by atoms with E-state index >= 15 is 0 Å². The molecule has 5 nitrogen and oxygen atoms in total. The molecule has 0 radical (unpaired) electrons. The number of amides is 2. The number of imide groups is 1. The molecular formula is C21H22FN3O2. The summed E-state index contributed by atoms with van der Waals surface area (Å²) in [5.41, 5.74) is 1.59. The maximum absolute atomic E-state index is 13.5. The number of carbonyl (C=O) groups is 2. The summed E-state index contributed by atoms with van der Waals surface area (Å²) in [5, 5.41) is 0. The molecule has 1 atom stereocenters. The van der Waals surface area contributed by atoms with Gasteiger partial charge in [-0.15, -0.1) is 0 Å². The van der Waals surface area contributed by atoms with Crippen molar-refractivity contribution in [3.05, 3.63) is 66.0 Å². The van der Waals surface area contributed by atoms with Crippen LogP contribution in [0.15, 0.2) is 54.6 Å². The number of hydrogen-bond acceptors (Lipinski definition) is 4.